The van der Waals surface area contributed by atoms with E-state index in [1.165, 1.54) is 71.0 Å². The van der Waals surface area contributed by atoms with E-state index in [-0.39, 0.29) is 5.92 Å². The summed E-state index contributed by atoms with van der Waals surface area (Å²) in [6.45, 7) is 10.0. The summed E-state index contributed by atoms with van der Waals surface area (Å²) in [5.41, 5.74) is 0. The number of hydrogen-bond donors (Lipinski definition) is 1. The monoisotopic (exact) mass is 368 g/mol. The van der Waals surface area contributed by atoms with E-state index in [2.05, 4.69) is 30.4 Å². The zero-order chi connectivity index (χ0) is 18.1. The van der Waals surface area contributed by atoms with Crippen LogP contribution in [-0.2, 0) is 4.79 Å². The van der Waals surface area contributed by atoms with Crippen LogP contribution in [-0.4, -0.2) is 41.6 Å². The molecule has 1 N–H and O–H groups in total. The van der Waals surface area contributed by atoms with Gasteiger partial charge in [0.25, 0.3) is 0 Å². The molecule has 1 aliphatic heterocycles. The van der Waals surface area contributed by atoms with Gasteiger partial charge in [-0.3, -0.25) is 9.52 Å². The molecule has 3 nitrogen and oxygen atoms in total. The second-order valence-electron chi connectivity index (χ2n) is 8.37. The number of carbonyl (C=O) groups excluding carboxylic acids is 1. The van der Waals surface area contributed by atoms with Gasteiger partial charge in [0.1, 0.15) is 5.78 Å². The topological polar surface area (TPSA) is 32.3 Å². The van der Waals surface area contributed by atoms with Gasteiger partial charge in [-0.15, -0.1) is 0 Å². The van der Waals surface area contributed by atoms with E-state index in [4.69, 9.17) is 0 Å². The highest BCUT2D eigenvalue weighted by Crippen LogP contribution is 2.32. The second kappa shape index (κ2) is 11.6. The maximum Gasteiger partial charge on any atom is 0.138 e. The maximum absolute atomic E-state index is 12.2. The first-order valence-electron chi connectivity index (χ1n) is 10.8. The van der Waals surface area contributed by atoms with Crippen molar-refractivity contribution in [1.29, 1.82) is 0 Å². The molecule has 2 fully saturated rings. The van der Waals surface area contributed by atoms with Crippen molar-refractivity contribution < 1.29 is 4.79 Å². The van der Waals surface area contributed by atoms with Crippen LogP contribution in [0.5, 0.6) is 0 Å². The Hall–Kier alpha value is -0.0600. The van der Waals surface area contributed by atoms with Gasteiger partial charge in [-0.2, -0.15) is 0 Å². The largest absolute Gasteiger partial charge is 0.300 e. The minimum Gasteiger partial charge on any atom is -0.300 e. The van der Waals surface area contributed by atoms with E-state index in [1.807, 2.05) is 11.9 Å². The Balaban J connectivity index is 1.57. The number of hydrogen-bond acceptors (Lipinski definition) is 4. The quantitative estimate of drug-likeness (QED) is 0.432. The highest BCUT2D eigenvalue weighted by atomic mass is 32.2. The van der Waals surface area contributed by atoms with E-state index in [9.17, 15) is 4.79 Å². The van der Waals surface area contributed by atoms with Crippen molar-refractivity contribution in [1.82, 2.24) is 9.62 Å². The molecule has 4 heteroatoms. The number of rotatable bonds is 10. The van der Waals surface area contributed by atoms with Gasteiger partial charge in [0.15, 0.2) is 0 Å². The lowest BCUT2D eigenvalue weighted by molar-refractivity contribution is -0.127. The molecular weight excluding hydrogens is 328 g/mol. The predicted octanol–water partition coefficient (Wildman–Crippen LogP) is 5.05. The number of carbonyl (C=O) groups is 1. The molecule has 146 valence electrons. The highest BCUT2D eigenvalue weighted by Gasteiger charge is 2.32. The highest BCUT2D eigenvalue weighted by molar-refractivity contribution is 7.98. The van der Waals surface area contributed by atoms with Crippen LogP contribution in [0.15, 0.2) is 0 Å². The molecule has 0 atom stereocenters. The minimum atomic E-state index is 0.212. The number of likely N-dealkylation sites (tertiary alicyclic amines) is 1. The van der Waals surface area contributed by atoms with Crippen molar-refractivity contribution in [3.05, 3.63) is 0 Å². The van der Waals surface area contributed by atoms with E-state index in [0.29, 0.717) is 11.7 Å². The maximum atomic E-state index is 12.2. The summed E-state index contributed by atoms with van der Waals surface area (Å²) in [5.74, 6) is 1.06. The third-order valence-electron chi connectivity index (χ3n) is 6.04. The Morgan fingerprint density at radius 2 is 1.72 bits per heavy atom. The lowest BCUT2D eigenvalue weighted by atomic mass is 9.80. The van der Waals surface area contributed by atoms with Gasteiger partial charge in [0, 0.05) is 29.7 Å². The van der Waals surface area contributed by atoms with Crippen LogP contribution in [0.1, 0.15) is 85.0 Å². The summed E-state index contributed by atoms with van der Waals surface area (Å²) in [7, 11) is 0. The zero-order valence-corrected chi connectivity index (χ0v) is 17.6. The third-order valence-corrected chi connectivity index (χ3v) is 7.22. The van der Waals surface area contributed by atoms with Crippen molar-refractivity contribution in [3.8, 4) is 0 Å². The average Bonchev–Trinajstić information content (AvgIpc) is 2.64. The Labute approximate surface area is 160 Å². The molecule has 1 saturated heterocycles. The van der Waals surface area contributed by atoms with Crippen LogP contribution in [0, 0.1) is 11.8 Å². The molecule has 2 aliphatic rings. The molecule has 0 unspecified atom stereocenters. The number of nitrogens with one attached hydrogen (secondary N) is 1. The van der Waals surface area contributed by atoms with Crippen LogP contribution < -0.4 is 4.72 Å². The molecule has 0 radical (unpaired) electrons. The van der Waals surface area contributed by atoms with Crippen LogP contribution in [0.25, 0.3) is 0 Å². The molecule has 0 aromatic rings. The fourth-order valence-corrected chi connectivity index (χ4v) is 5.30. The fourth-order valence-electron chi connectivity index (χ4n) is 4.36. The van der Waals surface area contributed by atoms with E-state index < -0.39 is 0 Å². The SMILES string of the molecule is CCCCCCNSC1CCN(C2CCC(C(=O)C(C)C)CC2)CC1. The Bertz CT molecular complexity index is 372. The van der Waals surface area contributed by atoms with Crippen molar-refractivity contribution in [2.24, 2.45) is 11.8 Å². The Kier molecular flexibility index (Phi) is 9.87. The molecule has 0 amide bonds. The molecule has 1 aliphatic carbocycles. The minimum absolute atomic E-state index is 0.212. The van der Waals surface area contributed by atoms with Gasteiger partial charge in [-0.25, -0.2) is 0 Å². The van der Waals surface area contributed by atoms with Crippen molar-refractivity contribution >= 4 is 17.7 Å². The van der Waals surface area contributed by atoms with E-state index in [1.54, 1.807) is 0 Å². The molecule has 25 heavy (non-hydrogen) atoms. The number of ketones is 1. The lowest BCUT2D eigenvalue weighted by Crippen LogP contribution is -2.44. The van der Waals surface area contributed by atoms with Crippen LogP contribution in [0.2, 0.25) is 0 Å². The van der Waals surface area contributed by atoms with Crippen LogP contribution >= 0.6 is 11.9 Å². The van der Waals surface area contributed by atoms with E-state index in [0.717, 1.165) is 24.1 Å². The third kappa shape index (κ3) is 7.22. The van der Waals surface area contributed by atoms with Crippen molar-refractivity contribution in [2.45, 2.75) is 96.3 Å². The van der Waals surface area contributed by atoms with Gasteiger partial charge in [0.05, 0.1) is 0 Å². The second-order valence-corrected chi connectivity index (χ2v) is 9.56. The first-order valence-corrected chi connectivity index (χ1v) is 11.7. The molecule has 0 aromatic carbocycles. The molecule has 1 saturated carbocycles. The van der Waals surface area contributed by atoms with Crippen LogP contribution in [0.4, 0.5) is 0 Å². The number of piperidine rings is 1. The van der Waals surface area contributed by atoms with E-state index >= 15 is 0 Å². The summed E-state index contributed by atoms with van der Waals surface area (Å²) < 4.78 is 3.60. The molecular formula is C21H40N2OS. The van der Waals surface area contributed by atoms with Crippen molar-refractivity contribution in [2.75, 3.05) is 19.6 Å². The van der Waals surface area contributed by atoms with Gasteiger partial charge in [-0.05, 0) is 58.0 Å². The predicted molar refractivity (Wildman–Crippen MR) is 110 cm³/mol. The van der Waals surface area contributed by atoms with Gasteiger partial charge < -0.3 is 4.90 Å². The normalized spacial score (nSPS) is 26.2. The summed E-state index contributed by atoms with van der Waals surface area (Å²) in [6.07, 6.45) is 12.7. The zero-order valence-electron chi connectivity index (χ0n) is 16.8. The molecule has 1 heterocycles. The summed E-state index contributed by atoms with van der Waals surface area (Å²) in [4.78, 5) is 14.9. The lowest BCUT2D eigenvalue weighted by Gasteiger charge is -2.40. The Morgan fingerprint density at radius 3 is 2.32 bits per heavy atom. The number of Topliss-reactive ketones (excluding diaryl/α,β-unsaturated/α-hetero) is 1. The van der Waals surface area contributed by atoms with Gasteiger partial charge in [-0.1, -0.05) is 52.0 Å². The van der Waals surface area contributed by atoms with Gasteiger partial charge in [0.2, 0.25) is 0 Å². The number of unbranched alkanes of at least 4 members (excludes halogenated alkanes) is 3. The summed E-state index contributed by atoms with van der Waals surface area (Å²) in [5, 5.41) is 0.793. The summed E-state index contributed by atoms with van der Waals surface area (Å²) >= 11 is 1.99. The molecule has 0 spiro atoms. The molecule has 0 aromatic heterocycles. The average molecular weight is 369 g/mol. The van der Waals surface area contributed by atoms with Crippen molar-refractivity contribution in [3.63, 3.8) is 0 Å². The first-order chi connectivity index (χ1) is 12.1. The fraction of sp³-hybridized carbons (Fsp3) is 0.952. The van der Waals surface area contributed by atoms with Gasteiger partial charge >= 0.3 is 0 Å². The molecule has 2 rings (SSSR count). The standard InChI is InChI=1S/C21H40N2OS/c1-4-5-6-7-14-22-25-20-12-15-23(16-13-20)19-10-8-18(9-11-19)21(24)17(2)3/h17-20,22H,4-16H2,1-3H3. The van der Waals surface area contributed by atoms with Crippen LogP contribution in [0.3, 0.4) is 0 Å². The first kappa shape index (κ1) is 21.2. The smallest absolute Gasteiger partial charge is 0.138 e. The number of nitrogens with zero attached hydrogens (tertiary/aromatic N) is 1. The Morgan fingerprint density at radius 1 is 1.04 bits per heavy atom. The summed E-state index contributed by atoms with van der Waals surface area (Å²) in [6, 6.07) is 0.740. The molecule has 0 bridgehead atoms.